The van der Waals surface area contributed by atoms with Gasteiger partial charge in [-0.2, -0.15) is 0 Å². The number of benzene rings is 3. The van der Waals surface area contributed by atoms with E-state index >= 15 is 0 Å². The lowest BCUT2D eigenvalue weighted by Crippen LogP contribution is -2.33. The van der Waals surface area contributed by atoms with E-state index < -0.39 is 12.1 Å². The number of Topliss-reactive ketones (excluding diaryl/α,β-unsaturated/α-hetero) is 1. The van der Waals surface area contributed by atoms with Crippen molar-refractivity contribution < 1.29 is 19.1 Å². The van der Waals surface area contributed by atoms with E-state index in [-0.39, 0.29) is 29.1 Å². The Kier molecular flexibility index (Phi) is 8.60. The lowest BCUT2D eigenvalue weighted by molar-refractivity contribution is -0.146. The summed E-state index contributed by atoms with van der Waals surface area (Å²) in [6, 6.07) is 21.0. The molecule has 0 saturated heterocycles. The molecule has 0 fully saturated rings. The Morgan fingerprint density at radius 3 is 1.84 bits per heavy atom. The highest BCUT2D eigenvalue weighted by molar-refractivity contribution is 6.30. The summed E-state index contributed by atoms with van der Waals surface area (Å²) in [5, 5.41) is 3.16. The predicted molar refractivity (Wildman–Crippen MR) is 147 cm³/mol. The van der Waals surface area contributed by atoms with Crippen LogP contribution in [-0.2, 0) is 20.4 Å². The van der Waals surface area contributed by atoms with Gasteiger partial charge in [-0.05, 0) is 46.2 Å². The van der Waals surface area contributed by atoms with Crippen LogP contribution in [0.15, 0.2) is 72.8 Å². The Hall–Kier alpha value is -3.44. The van der Waals surface area contributed by atoms with Gasteiger partial charge in [0.1, 0.15) is 6.54 Å². The molecule has 0 aliphatic rings. The third-order valence-electron chi connectivity index (χ3n) is 6.04. The summed E-state index contributed by atoms with van der Waals surface area (Å²) in [5.74, 6) is -1.47. The first-order chi connectivity index (χ1) is 17.3. The minimum atomic E-state index is -1.17. The van der Waals surface area contributed by atoms with E-state index in [0.29, 0.717) is 21.7 Å². The number of carbonyl (C=O) groups is 3. The van der Waals surface area contributed by atoms with Crippen molar-refractivity contribution in [3.8, 4) is 0 Å². The van der Waals surface area contributed by atoms with Gasteiger partial charge in [0.2, 0.25) is 5.78 Å². The molecule has 0 heterocycles. The SMILES string of the molecule is CC(C)(C)c1cc(C(=O)NCC(=O)O[C@@H](C(=O)c2ccccc2)c2ccc(Cl)cc2)cc(C(C)(C)C)c1. The zero-order valence-corrected chi connectivity index (χ0v) is 23.0. The molecular formula is C31H34ClNO4. The highest BCUT2D eigenvalue weighted by atomic mass is 35.5. The molecule has 194 valence electrons. The summed E-state index contributed by atoms with van der Waals surface area (Å²) in [5.41, 5.74) is 3.13. The molecule has 6 heteroatoms. The van der Waals surface area contributed by atoms with Crippen LogP contribution in [0.2, 0.25) is 5.02 Å². The van der Waals surface area contributed by atoms with E-state index in [9.17, 15) is 14.4 Å². The fourth-order valence-electron chi connectivity index (χ4n) is 3.72. The number of halogens is 1. The van der Waals surface area contributed by atoms with E-state index in [4.69, 9.17) is 16.3 Å². The Morgan fingerprint density at radius 1 is 0.784 bits per heavy atom. The predicted octanol–water partition coefficient (Wildman–Crippen LogP) is 6.83. The molecule has 37 heavy (non-hydrogen) atoms. The van der Waals surface area contributed by atoms with Crippen molar-refractivity contribution in [2.45, 2.75) is 58.5 Å². The van der Waals surface area contributed by atoms with Gasteiger partial charge >= 0.3 is 5.97 Å². The minimum Gasteiger partial charge on any atom is -0.448 e. The number of rotatable bonds is 7. The number of hydrogen-bond donors (Lipinski definition) is 1. The minimum absolute atomic E-state index is 0.154. The van der Waals surface area contributed by atoms with E-state index in [2.05, 4.69) is 52.9 Å². The van der Waals surface area contributed by atoms with Crippen LogP contribution in [0.1, 0.15) is 85.1 Å². The van der Waals surface area contributed by atoms with Gasteiger partial charge < -0.3 is 10.1 Å². The van der Waals surface area contributed by atoms with Gasteiger partial charge in [0, 0.05) is 21.7 Å². The monoisotopic (exact) mass is 519 g/mol. The average Bonchev–Trinajstić information content (AvgIpc) is 2.85. The topological polar surface area (TPSA) is 72.5 Å². The van der Waals surface area contributed by atoms with Crippen molar-refractivity contribution in [3.05, 3.63) is 106 Å². The Balaban J connectivity index is 1.78. The standard InChI is InChI=1S/C31H34ClNO4/c1-30(2,3)23-16-22(17-24(18-23)31(4,5)6)29(36)33-19-26(34)37-28(21-12-14-25(32)15-13-21)27(35)20-10-8-7-9-11-20/h7-18,28H,19H2,1-6H3,(H,33,36)/t28-/m1/s1. The molecule has 3 rings (SSSR count). The molecule has 1 atom stereocenters. The lowest BCUT2D eigenvalue weighted by Gasteiger charge is -2.26. The smallest absolute Gasteiger partial charge is 0.326 e. The number of carbonyl (C=O) groups excluding carboxylic acids is 3. The molecule has 0 unspecified atom stereocenters. The number of hydrogen-bond acceptors (Lipinski definition) is 4. The van der Waals surface area contributed by atoms with Gasteiger partial charge in [-0.3, -0.25) is 14.4 Å². The van der Waals surface area contributed by atoms with E-state index in [1.807, 2.05) is 12.1 Å². The van der Waals surface area contributed by atoms with Crippen molar-refractivity contribution in [1.29, 1.82) is 0 Å². The second-order valence-electron chi connectivity index (χ2n) is 11.1. The fraction of sp³-hybridized carbons (Fsp3) is 0.323. The molecule has 0 aliphatic heterocycles. The number of ether oxygens (including phenoxy) is 1. The molecule has 0 bridgehead atoms. The first-order valence-corrected chi connectivity index (χ1v) is 12.6. The largest absolute Gasteiger partial charge is 0.448 e. The number of nitrogens with one attached hydrogen (secondary N) is 1. The van der Waals surface area contributed by atoms with Crippen LogP contribution in [0.25, 0.3) is 0 Å². The van der Waals surface area contributed by atoms with E-state index in [1.165, 1.54) is 0 Å². The van der Waals surface area contributed by atoms with Crippen LogP contribution in [0.5, 0.6) is 0 Å². The van der Waals surface area contributed by atoms with Crippen LogP contribution in [0.3, 0.4) is 0 Å². The number of ketones is 1. The highest BCUT2D eigenvalue weighted by Gasteiger charge is 2.27. The maximum absolute atomic E-state index is 13.2. The fourth-order valence-corrected chi connectivity index (χ4v) is 3.84. The average molecular weight is 520 g/mol. The van der Waals surface area contributed by atoms with Gasteiger partial charge in [0.15, 0.2) is 6.10 Å². The second-order valence-corrected chi connectivity index (χ2v) is 11.6. The Morgan fingerprint density at radius 2 is 1.32 bits per heavy atom. The van der Waals surface area contributed by atoms with Crippen LogP contribution in [-0.4, -0.2) is 24.2 Å². The molecule has 0 aromatic heterocycles. The van der Waals surface area contributed by atoms with E-state index in [1.54, 1.807) is 54.6 Å². The maximum Gasteiger partial charge on any atom is 0.326 e. The van der Waals surface area contributed by atoms with Crippen molar-refractivity contribution in [2.75, 3.05) is 6.54 Å². The van der Waals surface area contributed by atoms with Crippen molar-refractivity contribution in [2.24, 2.45) is 0 Å². The highest BCUT2D eigenvalue weighted by Crippen LogP contribution is 2.30. The molecule has 0 spiro atoms. The van der Waals surface area contributed by atoms with Gasteiger partial charge in [-0.25, -0.2) is 0 Å². The van der Waals surface area contributed by atoms with Crippen LogP contribution in [0.4, 0.5) is 0 Å². The first kappa shape index (κ1) is 28.1. The van der Waals surface area contributed by atoms with Gasteiger partial charge in [0.05, 0.1) is 0 Å². The molecule has 0 saturated carbocycles. The molecule has 1 N–H and O–H groups in total. The molecule has 0 aliphatic carbocycles. The number of esters is 1. The lowest BCUT2D eigenvalue weighted by atomic mass is 9.79. The molecule has 0 radical (unpaired) electrons. The molecule has 3 aromatic rings. The van der Waals surface area contributed by atoms with Gasteiger partial charge in [0.25, 0.3) is 5.91 Å². The van der Waals surface area contributed by atoms with Gasteiger partial charge in [-0.15, -0.1) is 0 Å². The summed E-state index contributed by atoms with van der Waals surface area (Å²) < 4.78 is 5.59. The first-order valence-electron chi connectivity index (χ1n) is 12.2. The third-order valence-corrected chi connectivity index (χ3v) is 6.29. The molecule has 3 aromatic carbocycles. The second kappa shape index (κ2) is 11.3. The Bertz CT molecular complexity index is 1240. The summed E-state index contributed by atoms with van der Waals surface area (Å²) in [6.45, 7) is 12.2. The molecule has 5 nitrogen and oxygen atoms in total. The maximum atomic E-state index is 13.2. The van der Waals surface area contributed by atoms with Crippen LogP contribution < -0.4 is 5.32 Å². The summed E-state index contributed by atoms with van der Waals surface area (Å²) in [6.07, 6.45) is -1.17. The van der Waals surface area contributed by atoms with Gasteiger partial charge in [-0.1, -0.05) is 102 Å². The quantitative estimate of drug-likeness (QED) is 0.274. The summed E-state index contributed by atoms with van der Waals surface area (Å²) in [4.78, 5) is 39.0. The normalized spacial score (nSPS) is 12.5. The molecular weight excluding hydrogens is 486 g/mol. The number of amides is 1. The molecule has 1 amide bonds. The van der Waals surface area contributed by atoms with E-state index in [0.717, 1.165) is 11.1 Å². The van der Waals surface area contributed by atoms with Crippen molar-refractivity contribution in [1.82, 2.24) is 5.32 Å². The zero-order valence-electron chi connectivity index (χ0n) is 22.2. The summed E-state index contributed by atoms with van der Waals surface area (Å²) >= 11 is 6.00. The van der Waals surface area contributed by atoms with Crippen molar-refractivity contribution in [3.63, 3.8) is 0 Å². The zero-order chi connectivity index (χ0) is 27.4. The third kappa shape index (κ3) is 7.53. The van der Waals surface area contributed by atoms with Crippen LogP contribution >= 0.6 is 11.6 Å². The summed E-state index contributed by atoms with van der Waals surface area (Å²) in [7, 11) is 0. The van der Waals surface area contributed by atoms with Crippen molar-refractivity contribution >= 4 is 29.3 Å². The Labute approximate surface area is 224 Å². The van der Waals surface area contributed by atoms with Crippen LogP contribution in [0, 0.1) is 0 Å².